The number of ether oxygens (including phenoxy) is 1. The normalized spacial score (nSPS) is 11.4. The average Bonchev–Trinajstić information content (AvgIpc) is 2.04. The fraction of sp³-hybridized carbons (Fsp3) is 0.700. The van der Waals surface area contributed by atoms with Gasteiger partial charge in [-0.05, 0) is 26.7 Å². The molecule has 0 rings (SSSR count). The average molecular weight is 170 g/mol. The van der Waals surface area contributed by atoms with Gasteiger partial charge in [0, 0.05) is 6.42 Å². The zero-order valence-corrected chi connectivity index (χ0v) is 8.22. The predicted octanol–water partition coefficient (Wildman–Crippen LogP) is 2.69. The molecule has 0 radical (unpaired) electrons. The van der Waals surface area contributed by atoms with Crippen LogP contribution in [0.2, 0.25) is 0 Å². The Labute approximate surface area is 74.6 Å². The lowest BCUT2D eigenvalue weighted by molar-refractivity contribution is -0.142. The van der Waals surface area contributed by atoms with Gasteiger partial charge in [0.05, 0.1) is 6.61 Å². The Balaban J connectivity index is 3.48. The number of allylic oxidation sites excluding steroid dienone is 2. The van der Waals surface area contributed by atoms with E-state index < -0.39 is 0 Å². The fourth-order valence-electron chi connectivity index (χ4n) is 0.814. The molecule has 0 aliphatic carbocycles. The Bertz CT molecular complexity index is 159. The summed E-state index contributed by atoms with van der Waals surface area (Å²) in [6, 6.07) is 0. The molecule has 0 aliphatic heterocycles. The molecule has 0 heterocycles. The summed E-state index contributed by atoms with van der Waals surface area (Å²) in [6.07, 6.45) is 4.46. The summed E-state index contributed by atoms with van der Waals surface area (Å²) in [5.74, 6) is -0.0994. The number of carbonyl (C=O) groups is 1. The van der Waals surface area contributed by atoms with Crippen molar-refractivity contribution < 1.29 is 9.53 Å². The van der Waals surface area contributed by atoms with Crippen molar-refractivity contribution >= 4 is 5.97 Å². The van der Waals surface area contributed by atoms with Crippen LogP contribution in [-0.4, -0.2) is 12.6 Å². The molecule has 0 aromatic rings. The maximum Gasteiger partial charge on any atom is 0.306 e. The molecule has 0 N–H and O–H groups in total. The van der Waals surface area contributed by atoms with Crippen molar-refractivity contribution in [1.82, 2.24) is 0 Å². The number of rotatable bonds is 5. The Hall–Kier alpha value is -0.790. The first-order valence-electron chi connectivity index (χ1n) is 4.52. The maximum atomic E-state index is 10.9. The van der Waals surface area contributed by atoms with Crippen LogP contribution in [0.4, 0.5) is 0 Å². The van der Waals surface area contributed by atoms with Crippen LogP contribution in [0.1, 0.15) is 40.0 Å². The fourth-order valence-corrected chi connectivity index (χ4v) is 0.814. The first-order chi connectivity index (χ1) is 5.70. The molecular weight excluding hydrogens is 152 g/mol. The zero-order valence-electron chi connectivity index (χ0n) is 8.22. The van der Waals surface area contributed by atoms with Crippen molar-refractivity contribution in [1.29, 1.82) is 0 Å². The Morgan fingerprint density at radius 1 is 1.42 bits per heavy atom. The molecule has 12 heavy (non-hydrogen) atoms. The molecule has 70 valence electrons. The van der Waals surface area contributed by atoms with E-state index >= 15 is 0 Å². The molecule has 0 saturated heterocycles. The summed E-state index contributed by atoms with van der Waals surface area (Å²) in [5, 5.41) is 0. The van der Waals surface area contributed by atoms with Gasteiger partial charge in [0.1, 0.15) is 0 Å². The molecule has 0 amide bonds. The van der Waals surface area contributed by atoms with E-state index in [4.69, 9.17) is 4.74 Å². The van der Waals surface area contributed by atoms with Crippen molar-refractivity contribution in [3.05, 3.63) is 11.6 Å². The van der Waals surface area contributed by atoms with Gasteiger partial charge >= 0.3 is 5.97 Å². The van der Waals surface area contributed by atoms with E-state index in [9.17, 15) is 4.79 Å². The van der Waals surface area contributed by atoms with Crippen LogP contribution in [0.5, 0.6) is 0 Å². The van der Waals surface area contributed by atoms with E-state index in [-0.39, 0.29) is 5.97 Å². The van der Waals surface area contributed by atoms with Crippen molar-refractivity contribution in [3.8, 4) is 0 Å². The second-order valence-electron chi connectivity index (χ2n) is 2.75. The summed E-state index contributed by atoms with van der Waals surface area (Å²) < 4.78 is 4.79. The SMILES string of the molecule is CCOC(=O)CC/C=C(\C)CC. The third kappa shape index (κ3) is 5.96. The molecule has 0 fully saturated rings. The van der Waals surface area contributed by atoms with Crippen LogP contribution in [0, 0.1) is 0 Å². The molecule has 0 atom stereocenters. The number of carbonyl (C=O) groups excluding carboxylic acids is 1. The molecule has 0 bridgehead atoms. The van der Waals surface area contributed by atoms with Crippen LogP contribution in [-0.2, 0) is 9.53 Å². The van der Waals surface area contributed by atoms with Gasteiger partial charge < -0.3 is 4.74 Å². The predicted molar refractivity (Wildman–Crippen MR) is 49.9 cm³/mol. The van der Waals surface area contributed by atoms with E-state index in [0.29, 0.717) is 13.0 Å². The van der Waals surface area contributed by atoms with Gasteiger partial charge in [-0.15, -0.1) is 0 Å². The van der Waals surface area contributed by atoms with Crippen LogP contribution in [0.15, 0.2) is 11.6 Å². The minimum Gasteiger partial charge on any atom is -0.466 e. The minimum atomic E-state index is -0.0994. The third-order valence-electron chi connectivity index (χ3n) is 1.70. The zero-order chi connectivity index (χ0) is 9.40. The number of hydrogen-bond acceptors (Lipinski definition) is 2. The van der Waals surface area contributed by atoms with Crippen LogP contribution < -0.4 is 0 Å². The summed E-state index contributed by atoms with van der Waals surface area (Å²) in [6.45, 7) is 6.49. The second-order valence-corrected chi connectivity index (χ2v) is 2.75. The highest BCUT2D eigenvalue weighted by molar-refractivity contribution is 5.69. The molecule has 0 aromatic heterocycles. The Kier molecular flexibility index (Phi) is 6.44. The van der Waals surface area contributed by atoms with Crippen molar-refractivity contribution in [2.75, 3.05) is 6.61 Å². The molecule has 2 heteroatoms. The quantitative estimate of drug-likeness (QED) is 0.468. The van der Waals surface area contributed by atoms with Gasteiger partial charge in [0.2, 0.25) is 0 Å². The van der Waals surface area contributed by atoms with Gasteiger partial charge in [-0.25, -0.2) is 0 Å². The van der Waals surface area contributed by atoms with Crippen LogP contribution in [0.3, 0.4) is 0 Å². The van der Waals surface area contributed by atoms with Gasteiger partial charge in [-0.2, -0.15) is 0 Å². The highest BCUT2D eigenvalue weighted by Crippen LogP contribution is 2.02. The topological polar surface area (TPSA) is 26.3 Å². The number of esters is 1. The van der Waals surface area contributed by atoms with Crippen molar-refractivity contribution in [2.24, 2.45) is 0 Å². The standard InChI is InChI=1S/C10H18O2/c1-4-9(3)7-6-8-10(11)12-5-2/h7H,4-6,8H2,1-3H3/b9-7+. The smallest absolute Gasteiger partial charge is 0.306 e. The summed E-state index contributed by atoms with van der Waals surface area (Å²) in [4.78, 5) is 10.9. The summed E-state index contributed by atoms with van der Waals surface area (Å²) >= 11 is 0. The molecule has 0 saturated carbocycles. The van der Waals surface area contributed by atoms with Crippen LogP contribution >= 0.6 is 0 Å². The highest BCUT2D eigenvalue weighted by atomic mass is 16.5. The largest absolute Gasteiger partial charge is 0.466 e. The lowest BCUT2D eigenvalue weighted by Crippen LogP contribution is -2.02. The lowest BCUT2D eigenvalue weighted by atomic mass is 10.2. The van der Waals surface area contributed by atoms with Gasteiger partial charge in [0.15, 0.2) is 0 Å². The second kappa shape index (κ2) is 6.89. The van der Waals surface area contributed by atoms with E-state index in [1.54, 1.807) is 0 Å². The monoisotopic (exact) mass is 170 g/mol. The van der Waals surface area contributed by atoms with E-state index in [1.165, 1.54) is 5.57 Å². The molecule has 2 nitrogen and oxygen atoms in total. The lowest BCUT2D eigenvalue weighted by Gasteiger charge is -1.99. The van der Waals surface area contributed by atoms with Crippen molar-refractivity contribution in [3.63, 3.8) is 0 Å². The van der Waals surface area contributed by atoms with Crippen LogP contribution in [0.25, 0.3) is 0 Å². The van der Waals surface area contributed by atoms with E-state index in [0.717, 1.165) is 12.8 Å². The first-order valence-corrected chi connectivity index (χ1v) is 4.52. The van der Waals surface area contributed by atoms with E-state index in [1.807, 2.05) is 6.92 Å². The first kappa shape index (κ1) is 11.2. The Morgan fingerprint density at radius 3 is 2.58 bits per heavy atom. The molecule has 0 spiro atoms. The molecular formula is C10H18O2. The van der Waals surface area contributed by atoms with Gasteiger partial charge in [-0.3, -0.25) is 4.79 Å². The number of hydrogen-bond donors (Lipinski definition) is 0. The van der Waals surface area contributed by atoms with Gasteiger partial charge in [0.25, 0.3) is 0 Å². The highest BCUT2D eigenvalue weighted by Gasteiger charge is 1.98. The molecule has 0 aromatic carbocycles. The summed E-state index contributed by atoms with van der Waals surface area (Å²) in [5.41, 5.74) is 1.33. The third-order valence-corrected chi connectivity index (χ3v) is 1.70. The maximum absolute atomic E-state index is 10.9. The molecule has 0 aliphatic rings. The van der Waals surface area contributed by atoms with E-state index in [2.05, 4.69) is 19.9 Å². The minimum absolute atomic E-state index is 0.0994. The van der Waals surface area contributed by atoms with Gasteiger partial charge in [-0.1, -0.05) is 18.6 Å². The molecule has 0 unspecified atom stereocenters. The Morgan fingerprint density at radius 2 is 2.08 bits per heavy atom. The summed E-state index contributed by atoms with van der Waals surface area (Å²) in [7, 11) is 0. The van der Waals surface area contributed by atoms with Crippen molar-refractivity contribution in [2.45, 2.75) is 40.0 Å².